The van der Waals surface area contributed by atoms with E-state index in [2.05, 4.69) is 0 Å². The van der Waals surface area contributed by atoms with E-state index in [1.54, 1.807) is 12.1 Å². The zero-order chi connectivity index (χ0) is 26.1. The quantitative estimate of drug-likeness (QED) is 0.357. The summed E-state index contributed by atoms with van der Waals surface area (Å²) in [5.41, 5.74) is 2.77. The summed E-state index contributed by atoms with van der Waals surface area (Å²) in [6.45, 7) is 5.81. The highest BCUT2D eigenvalue weighted by molar-refractivity contribution is 6.35. The molecule has 4 nitrogen and oxygen atoms in total. The van der Waals surface area contributed by atoms with E-state index in [9.17, 15) is 14.4 Å². The highest BCUT2D eigenvalue weighted by Crippen LogP contribution is 2.75. The topological polar surface area (TPSA) is 54.5 Å². The Bertz CT molecular complexity index is 1490. The van der Waals surface area contributed by atoms with E-state index >= 15 is 0 Å². The summed E-state index contributed by atoms with van der Waals surface area (Å²) in [5, 5.41) is 0.497. The monoisotopic (exact) mass is 509 g/mol. The van der Waals surface area contributed by atoms with E-state index in [1.807, 2.05) is 87.5 Å². The Balaban J connectivity index is 1.65. The molecule has 3 aliphatic rings. The molecule has 186 valence electrons. The van der Waals surface area contributed by atoms with Gasteiger partial charge in [0.2, 0.25) is 11.8 Å². The number of carbonyl (C=O) groups excluding carboxylic acids is 3. The van der Waals surface area contributed by atoms with Gasteiger partial charge in [-0.25, -0.2) is 4.90 Å². The van der Waals surface area contributed by atoms with Crippen LogP contribution in [0.1, 0.15) is 43.4 Å². The molecule has 4 atom stereocenters. The number of halogens is 1. The second-order valence-corrected chi connectivity index (χ2v) is 11.0. The number of Topliss-reactive ketones (excluding diaryl/α,β-unsaturated/α-hetero) is 1. The molecular weight excluding hydrogens is 482 g/mol. The van der Waals surface area contributed by atoms with E-state index in [-0.39, 0.29) is 17.6 Å². The SMILES string of the molecule is CCCC12C(=O)C(C)(C(c3ccccc3)=C1c1ccccc1)C1C(=O)N(c3ccc(C)c(Cl)c3)C(=O)C12. The minimum Gasteiger partial charge on any atom is -0.298 e. The number of hydrogen-bond acceptors (Lipinski definition) is 3. The van der Waals surface area contributed by atoms with Crippen molar-refractivity contribution >= 4 is 46.0 Å². The minimum absolute atomic E-state index is 0.00200. The Morgan fingerprint density at radius 1 is 0.811 bits per heavy atom. The number of benzene rings is 3. The van der Waals surface area contributed by atoms with Crippen LogP contribution in [-0.2, 0) is 14.4 Å². The second-order valence-electron chi connectivity index (χ2n) is 10.6. The molecule has 1 saturated heterocycles. The van der Waals surface area contributed by atoms with Crippen LogP contribution in [-0.4, -0.2) is 17.6 Å². The molecule has 5 heteroatoms. The summed E-state index contributed by atoms with van der Waals surface area (Å²) < 4.78 is 0. The van der Waals surface area contributed by atoms with Gasteiger partial charge in [-0.05, 0) is 60.2 Å². The standard InChI is InChI=1S/C32H28ClNO3/c1-4-17-32-25(21-13-9-6-10-14-21)24(20-11-7-5-8-12-20)31(3,30(32)37)26-27(32)29(36)34(28(26)35)22-16-15-19(2)23(33)18-22/h5-16,18,26-27H,4,17H2,1-3H3. The Hall–Kier alpha value is -3.50. The summed E-state index contributed by atoms with van der Waals surface area (Å²) in [7, 11) is 0. The van der Waals surface area contributed by atoms with E-state index in [1.165, 1.54) is 4.90 Å². The molecule has 0 aromatic heterocycles. The highest BCUT2D eigenvalue weighted by Gasteiger charge is 2.80. The summed E-state index contributed by atoms with van der Waals surface area (Å²) in [6.07, 6.45) is 1.21. The van der Waals surface area contributed by atoms with Crippen molar-refractivity contribution in [2.75, 3.05) is 4.90 Å². The van der Waals surface area contributed by atoms with Crippen LogP contribution in [0.5, 0.6) is 0 Å². The van der Waals surface area contributed by atoms with Crippen LogP contribution in [0.25, 0.3) is 11.1 Å². The maximum absolute atomic E-state index is 14.6. The van der Waals surface area contributed by atoms with Crippen molar-refractivity contribution in [1.29, 1.82) is 0 Å². The van der Waals surface area contributed by atoms with E-state index in [4.69, 9.17) is 11.6 Å². The van der Waals surface area contributed by atoms with E-state index in [0.717, 1.165) is 27.8 Å². The number of aryl methyl sites for hydroxylation is 1. The molecule has 4 unspecified atom stereocenters. The van der Waals surface area contributed by atoms with Crippen molar-refractivity contribution in [2.24, 2.45) is 22.7 Å². The van der Waals surface area contributed by atoms with Crippen LogP contribution in [0.15, 0.2) is 78.9 Å². The van der Waals surface area contributed by atoms with Gasteiger partial charge >= 0.3 is 0 Å². The molecule has 1 saturated carbocycles. The molecule has 1 heterocycles. The van der Waals surface area contributed by atoms with Gasteiger partial charge in [0.1, 0.15) is 0 Å². The van der Waals surface area contributed by atoms with Crippen molar-refractivity contribution in [2.45, 2.75) is 33.6 Å². The first kappa shape index (κ1) is 23.9. The van der Waals surface area contributed by atoms with Gasteiger partial charge in [-0.2, -0.15) is 0 Å². The zero-order valence-corrected chi connectivity index (χ0v) is 21.9. The van der Waals surface area contributed by atoms with Crippen LogP contribution in [0.3, 0.4) is 0 Å². The van der Waals surface area contributed by atoms with Gasteiger partial charge in [0.25, 0.3) is 0 Å². The number of ketones is 1. The maximum atomic E-state index is 14.6. The van der Waals surface area contributed by atoms with Crippen molar-refractivity contribution < 1.29 is 14.4 Å². The first-order valence-corrected chi connectivity index (χ1v) is 13.2. The molecule has 2 amide bonds. The molecule has 37 heavy (non-hydrogen) atoms. The predicted octanol–water partition coefficient (Wildman–Crippen LogP) is 6.75. The molecule has 2 aliphatic carbocycles. The van der Waals surface area contributed by atoms with Crippen molar-refractivity contribution in [1.82, 2.24) is 0 Å². The maximum Gasteiger partial charge on any atom is 0.239 e. The lowest BCUT2D eigenvalue weighted by Gasteiger charge is -2.37. The molecule has 2 bridgehead atoms. The molecule has 3 aromatic rings. The van der Waals surface area contributed by atoms with E-state index < -0.39 is 22.7 Å². The molecule has 0 spiro atoms. The van der Waals surface area contributed by atoms with E-state index in [0.29, 0.717) is 23.6 Å². The van der Waals surface area contributed by atoms with Gasteiger partial charge in [0.05, 0.1) is 28.4 Å². The fourth-order valence-corrected chi connectivity index (χ4v) is 7.51. The molecule has 0 radical (unpaired) electrons. The summed E-state index contributed by atoms with van der Waals surface area (Å²) in [5.74, 6) is -2.13. The number of allylic oxidation sites excluding steroid dienone is 2. The summed E-state index contributed by atoms with van der Waals surface area (Å²) in [4.78, 5) is 44.4. The van der Waals surface area contributed by atoms with Crippen LogP contribution < -0.4 is 4.90 Å². The normalized spacial score (nSPS) is 28.4. The Labute approximate surface area is 221 Å². The molecule has 2 fully saturated rings. The molecule has 1 aliphatic heterocycles. The van der Waals surface area contributed by atoms with Crippen LogP contribution >= 0.6 is 11.6 Å². The molecule has 6 rings (SSSR count). The third-order valence-corrected chi connectivity index (χ3v) is 9.14. The predicted molar refractivity (Wildman–Crippen MR) is 146 cm³/mol. The summed E-state index contributed by atoms with van der Waals surface area (Å²) >= 11 is 6.40. The van der Waals surface area contributed by atoms with Gasteiger partial charge in [0, 0.05) is 5.02 Å². The number of hydrogen-bond donors (Lipinski definition) is 0. The third kappa shape index (κ3) is 2.93. The Morgan fingerprint density at radius 3 is 1.95 bits per heavy atom. The lowest BCUT2D eigenvalue weighted by atomic mass is 9.61. The van der Waals surface area contributed by atoms with Crippen LogP contribution in [0, 0.1) is 29.6 Å². The van der Waals surface area contributed by atoms with Gasteiger partial charge in [-0.3, -0.25) is 14.4 Å². The fourth-order valence-electron chi connectivity index (χ4n) is 7.33. The Kier molecular flexibility index (Phi) is 5.33. The van der Waals surface area contributed by atoms with Crippen LogP contribution in [0.4, 0.5) is 5.69 Å². The van der Waals surface area contributed by atoms with Crippen molar-refractivity contribution in [3.05, 3.63) is 101 Å². The number of carbonyl (C=O) groups is 3. The van der Waals surface area contributed by atoms with Crippen LogP contribution in [0.2, 0.25) is 5.02 Å². The van der Waals surface area contributed by atoms with Gasteiger partial charge in [0.15, 0.2) is 5.78 Å². The van der Waals surface area contributed by atoms with Gasteiger partial charge < -0.3 is 0 Å². The van der Waals surface area contributed by atoms with Crippen molar-refractivity contribution in [3.8, 4) is 0 Å². The first-order valence-electron chi connectivity index (χ1n) is 12.8. The number of fused-ring (bicyclic) bond motifs is 5. The molecule has 3 aromatic carbocycles. The van der Waals surface area contributed by atoms with Crippen molar-refractivity contribution in [3.63, 3.8) is 0 Å². The Morgan fingerprint density at radius 2 is 1.38 bits per heavy atom. The first-order chi connectivity index (χ1) is 17.8. The second kappa shape index (κ2) is 8.26. The largest absolute Gasteiger partial charge is 0.298 e. The molecular formula is C32H28ClNO3. The number of imide groups is 1. The third-order valence-electron chi connectivity index (χ3n) is 8.73. The van der Waals surface area contributed by atoms with Gasteiger partial charge in [-0.1, -0.05) is 91.7 Å². The number of rotatable bonds is 5. The lowest BCUT2D eigenvalue weighted by molar-refractivity contribution is -0.134. The smallest absolute Gasteiger partial charge is 0.239 e. The van der Waals surface area contributed by atoms with Gasteiger partial charge in [-0.15, -0.1) is 0 Å². The lowest BCUT2D eigenvalue weighted by Crippen LogP contribution is -2.41. The zero-order valence-electron chi connectivity index (χ0n) is 21.1. The average molecular weight is 510 g/mol. The number of amides is 2. The number of nitrogens with zero attached hydrogens (tertiary/aromatic N) is 1. The minimum atomic E-state index is -1.12. The fraction of sp³-hybridized carbons (Fsp3) is 0.281. The molecule has 0 N–H and O–H groups in total. The number of anilines is 1. The average Bonchev–Trinajstić information content (AvgIpc) is 3.37. The highest BCUT2D eigenvalue weighted by atomic mass is 35.5. The summed E-state index contributed by atoms with van der Waals surface area (Å²) in [6, 6.07) is 25.0.